The van der Waals surface area contributed by atoms with Gasteiger partial charge < -0.3 is 9.80 Å². The predicted octanol–water partition coefficient (Wildman–Crippen LogP) is 5.07. The van der Waals surface area contributed by atoms with Crippen molar-refractivity contribution in [1.29, 1.82) is 0 Å². The van der Waals surface area contributed by atoms with Gasteiger partial charge in [-0.15, -0.1) is 6.58 Å². The van der Waals surface area contributed by atoms with Crippen molar-refractivity contribution in [1.82, 2.24) is 4.90 Å². The third-order valence-corrected chi connectivity index (χ3v) is 4.66. The molecule has 1 unspecified atom stereocenters. The first-order valence-corrected chi connectivity index (χ1v) is 9.40. The molecule has 0 bridgehead atoms. The number of rotatable bonds is 13. The van der Waals surface area contributed by atoms with Gasteiger partial charge in [0.25, 0.3) is 0 Å². The van der Waals surface area contributed by atoms with E-state index in [0.29, 0.717) is 18.0 Å². The maximum atomic E-state index is 11.3. The molecule has 0 aliphatic rings. The van der Waals surface area contributed by atoms with Crippen LogP contribution in [0.3, 0.4) is 0 Å². The maximum Gasteiger partial charge on any atom is 0.150 e. The van der Waals surface area contributed by atoms with Crippen LogP contribution in [0, 0.1) is 0 Å². The summed E-state index contributed by atoms with van der Waals surface area (Å²) in [6, 6.07) is 6.04. The molecule has 3 heteroatoms. The number of likely N-dealkylation sites (N-methyl/N-ethyl adjacent to an activating group) is 1. The molecule has 142 valence electrons. The fourth-order valence-corrected chi connectivity index (χ4v) is 3.11. The molecule has 0 heterocycles. The molecule has 0 aliphatic carbocycles. The van der Waals surface area contributed by atoms with Crippen LogP contribution in [0.15, 0.2) is 55.7 Å². The average molecular weight is 355 g/mol. The number of carbonyl (C=O) groups excluding carboxylic acids is 1. The molecule has 1 atom stereocenters. The van der Waals surface area contributed by atoms with Gasteiger partial charge in [0.05, 0.1) is 0 Å². The summed E-state index contributed by atoms with van der Waals surface area (Å²) in [7, 11) is 2.09. The van der Waals surface area contributed by atoms with Gasteiger partial charge in [-0.2, -0.15) is 0 Å². The zero-order valence-corrected chi connectivity index (χ0v) is 16.7. The molecule has 0 N–H and O–H groups in total. The smallest absolute Gasteiger partial charge is 0.150 e. The van der Waals surface area contributed by atoms with Gasteiger partial charge >= 0.3 is 0 Å². The first-order valence-electron chi connectivity index (χ1n) is 9.40. The van der Waals surface area contributed by atoms with E-state index in [1.807, 2.05) is 18.2 Å². The lowest BCUT2D eigenvalue weighted by molar-refractivity contribution is 0.112. The summed E-state index contributed by atoms with van der Waals surface area (Å²) in [5.41, 5.74) is 4.11. The van der Waals surface area contributed by atoms with E-state index in [4.69, 9.17) is 0 Å². The highest BCUT2D eigenvalue weighted by Crippen LogP contribution is 2.32. The van der Waals surface area contributed by atoms with Gasteiger partial charge in [-0.3, -0.25) is 4.79 Å². The molecule has 1 aromatic rings. The molecule has 0 aliphatic heterocycles. The second kappa shape index (κ2) is 11.5. The number of carbonyl (C=O) groups is 1. The van der Waals surface area contributed by atoms with Gasteiger partial charge in [0, 0.05) is 37.4 Å². The van der Waals surface area contributed by atoms with Crippen LogP contribution < -0.4 is 4.90 Å². The zero-order chi connectivity index (χ0) is 19.5. The normalized spacial score (nSPS) is 11.8. The van der Waals surface area contributed by atoms with Gasteiger partial charge in [-0.1, -0.05) is 57.7 Å². The van der Waals surface area contributed by atoms with E-state index in [0.717, 1.165) is 50.0 Å². The van der Waals surface area contributed by atoms with Crippen LogP contribution in [0.2, 0.25) is 0 Å². The minimum Gasteiger partial charge on any atom is -0.366 e. The molecule has 1 aromatic carbocycles. The van der Waals surface area contributed by atoms with Crippen molar-refractivity contribution >= 4 is 12.0 Å². The Balaban J connectivity index is 3.22. The monoisotopic (exact) mass is 354 g/mol. The Labute approximate surface area is 159 Å². The number of anilines is 1. The largest absolute Gasteiger partial charge is 0.366 e. The first-order chi connectivity index (χ1) is 12.5. The highest BCUT2D eigenvalue weighted by Gasteiger charge is 2.17. The molecule has 0 fully saturated rings. The summed E-state index contributed by atoms with van der Waals surface area (Å²) >= 11 is 0. The summed E-state index contributed by atoms with van der Waals surface area (Å²) in [6.45, 7) is 19.5. The van der Waals surface area contributed by atoms with Crippen LogP contribution in [-0.4, -0.2) is 44.4 Å². The fourth-order valence-electron chi connectivity index (χ4n) is 3.11. The fraction of sp³-hybridized carbons (Fsp3) is 0.435. The van der Waals surface area contributed by atoms with Crippen LogP contribution in [0.25, 0.3) is 0 Å². The van der Waals surface area contributed by atoms with Crippen molar-refractivity contribution in [2.24, 2.45) is 0 Å². The maximum absolute atomic E-state index is 11.3. The van der Waals surface area contributed by atoms with Gasteiger partial charge in [-0.25, -0.2) is 0 Å². The molecular formula is C23H34N2O. The predicted molar refractivity (Wildman–Crippen MR) is 114 cm³/mol. The number of nitrogens with zero attached hydrogens (tertiary/aromatic N) is 2. The topological polar surface area (TPSA) is 23.6 Å². The highest BCUT2D eigenvalue weighted by atomic mass is 16.1. The minimum atomic E-state index is 0.445. The number of aldehydes is 1. The number of benzene rings is 1. The lowest BCUT2D eigenvalue weighted by Gasteiger charge is -2.31. The minimum absolute atomic E-state index is 0.445. The first kappa shape index (κ1) is 21.9. The summed E-state index contributed by atoms with van der Waals surface area (Å²) in [6.07, 6.45) is 6.90. The SMILES string of the molecule is C=CCN(C)CCN(CC(=C)C=C)c1cc(C=O)ccc1C(C)CCC. The second-order valence-electron chi connectivity index (χ2n) is 6.96. The lowest BCUT2D eigenvalue weighted by Crippen LogP contribution is -2.35. The van der Waals surface area contributed by atoms with Crippen molar-refractivity contribution in [2.45, 2.75) is 32.6 Å². The summed E-state index contributed by atoms with van der Waals surface area (Å²) in [5.74, 6) is 0.445. The molecule has 0 spiro atoms. The van der Waals surface area contributed by atoms with Crippen molar-refractivity contribution in [3.63, 3.8) is 0 Å². The molecule has 0 saturated heterocycles. The second-order valence-corrected chi connectivity index (χ2v) is 6.96. The molecule has 0 saturated carbocycles. The van der Waals surface area contributed by atoms with Crippen LogP contribution in [0.1, 0.15) is 48.5 Å². The van der Waals surface area contributed by atoms with Crippen molar-refractivity contribution < 1.29 is 4.79 Å². The number of hydrogen-bond donors (Lipinski definition) is 0. The van der Waals surface area contributed by atoms with Crippen LogP contribution >= 0.6 is 0 Å². The van der Waals surface area contributed by atoms with E-state index in [2.05, 4.69) is 56.5 Å². The van der Waals surface area contributed by atoms with Crippen molar-refractivity contribution in [2.75, 3.05) is 38.1 Å². The van der Waals surface area contributed by atoms with E-state index >= 15 is 0 Å². The standard InChI is InChI=1S/C23H34N2O/c1-7-10-20(5)22-12-11-21(18-26)16-23(22)25(17-19(4)9-3)15-14-24(6)13-8-2/h8-9,11-12,16,18,20H,2-4,7,10,13-15,17H2,1,5-6H3. The molecule has 0 amide bonds. The Kier molecular flexibility index (Phi) is 9.67. The molecule has 0 aromatic heterocycles. The van der Waals surface area contributed by atoms with E-state index in [9.17, 15) is 4.79 Å². The zero-order valence-electron chi connectivity index (χ0n) is 16.7. The third kappa shape index (κ3) is 6.64. The average Bonchev–Trinajstić information content (AvgIpc) is 2.64. The molecule has 26 heavy (non-hydrogen) atoms. The van der Waals surface area contributed by atoms with Gasteiger partial charge in [0.15, 0.2) is 0 Å². The van der Waals surface area contributed by atoms with E-state index in [1.54, 1.807) is 6.08 Å². The quantitative estimate of drug-likeness (QED) is 0.281. The van der Waals surface area contributed by atoms with Crippen molar-refractivity contribution in [3.05, 3.63) is 66.8 Å². The van der Waals surface area contributed by atoms with Crippen molar-refractivity contribution in [3.8, 4) is 0 Å². The molecule has 3 nitrogen and oxygen atoms in total. The summed E-state index contributed by atoms with van der Waals surface area (Å²) < 4.78 is 0. The van der Waals surface area contributed by atoms with Crippen LogP contribution in [0.4, 0.5) is 5.69 Å². The Hall–Kier alpha value is -2.13. The lowest BCUT2D eigenvalue weighted by atomic mass is 9.93. The molecule has 1 rings (SSSR count). The Morgan fingerprint density at radius 3 is 2.58 bits per heavy atom. The van der Waals surface area contributed by atoms with E-state index in [1.165, 1.54) is 5.56 Å². The highest BCUT2D eigenvalue weighted by molar-refractivity contribution is 5.78. The summed E-state index contributed by atoms with van der Waals surface area (Å²) in [5, 5.41) is 0. The van der Waals surface area contributed by atoms with E-state index in [-0.39, 0.29) is 0 Å². The van der Waals surface area contributed by atoms with E-state index < -0.39 is 0 Å². The Morgan fingerprint density at radius 2 is 2.00 bits per heavy atom. The van der Waals surface area contributed by atoms with Gasteiger partial charge in [0.1, 0.15) is 6.29 Å². The molecule has 0 radical (unpaired) electrons. The van der Waals surface area contributed by atoms with Crippen LogP contribution in [0.5, 0.6) is 0 Å². The Morgan fingerprint density at radius 1 is 1.27 bits per heavy atom. The van der Waals surface area contributed by atoms with Gasteiger partial charge in [-0.05, 0) is 36.6 Å². The Bertz CT molecular complexity index is 621. The third-order valence-electron chi connectivity index (χ3n) is 4.66. The van der Waals surface area contributed by atoms with Gasteiger partial charge in [0.2, 0.25) is 0 Å². The van der Waals surface area contributed by atoms with Crippen LogP contribution in [-0.2, 0) is 0 Å². The molecular weight excluding hydrogens is 320 g/mol. The number of hydrogen-bond acceptors (Lipinski definition) is 3. The summed E-state index contributed by atoms with van der Waals surface area (Å²) in [4.78, 5) is 15.9.